The van der Waals surface area contributed by atoms with Gasteiger partial charge in [0.05, 0.1) is 0 Å². The maximum absolute atomic E-state index is 3.48. The molecule has 0 saturated carbocycles. The van der Waals surface area contributed by atoms with Gasteiger partial charge in [0.1, 0.15) is 0 Å². The van der Waals surface area contributed by atoms with E-state index in [0.717, 1.165) is 15.2 Å². The molecule has 88 valence electrons. The molecule has 2 aliphatic heterocycles. The van der Waals surface area contributed by atoms with E-state index in [1.807, 2.05) is 0 Å². The highest BCUT2D eigenvalue weighted by molar-refractivity contribution is 7.36. The summed E-state index contributed by atoms with van der Waals surface area (Å²) in [5.74, 6) is 0. The van der Waals surface area contributed by atoms with Crippen LogP contribution in [-0.2, 0) is 0 Å². The molecule has 1 spiro atoms. The zero-order valence-corrected chi connectivity index (χ0v) is 11.2. The molecule has 1 N–H and O–H groups in total. The smallest absolute Gasteiger partial charge is 0.0482 e. The SMILES string of the molecule is CPCN1CC2(CN(CNC(C)C)C2)C1. The second-order valence-corrected chi connectivity index (χ2v) is 6.53. The first-order chi connectivity index (χ1) is 7.13. The third-order valence-electron chi connectivity index (χ3n) is 3.34. The first kappa shape index (κ1) is 11.8. The summed E-state index contributed by atoms with van der Waals surface area (Å²) in [6.07, 6.45) is 1.33. The van der Waals surface area contributed by atoms with Crippen molar-refractivity contribution in [3.8, 4) is 0 Å². The quantitative estimate of drug-likeness (QED) is 0.704. The highest BCUT2D eigenvalue weighted by Crippen LogP contribution is 2.39. The number of likely N-dealkylation sites (tertiary alicyclic amines) is 2. The molecule has 2 aliphatic rings. The van der Waals surface area contributed by atoms with E-state index in [0.29, 0.717) is 11.5 Å². The largest absolute Gasteiger partial charge is 0.302 e. The predicted molar refractivity (Wildman–Crippen MR) is 67.8 cm³/mol. The van der Waals surface area contributed by atoms with Gasteiger partial charge in [-0.1, -0.05) is 0 Å². The molecule has 1 unspecified atom stereocenters. The Morgan fingerprint density at radius 2 is 1.80 bits per heavy atom. The fraction of sp³-hybridized carbons (Fsp3) is 1.00. The molecule has 3 nitrogen and oxygen atoms in total. The Morgan fingerprint density at radius 3 is 2.33 bits per heavy atom. The summed E-state index contributed by atoms with van der Waals surface area (Å²) in [6.45, 7) is 13.1. The summed E-state index contributed by atoms with van der Waals surface area (Å²) in [6, 6.07) is 0.612. The van der Waals surface area contributed by atoms with Crippen LogP contribution in [0.5, 0.6) is 0 Å². The fourth-order valence-corrected chi connectivity index (χ4v) is 3.43. The van der Waals surface area contributed by atoms with Gasteiger partial charge in [0.2, 0.25) is 0 Å². The Hall–Kier alpha value is 0.310. The summed E-state index contributed by atoms with van der Waals surface area (Å²) in [5, 5.41) is 3.48. The van der Waals surface area contributed by atoms with E-state index in [4.69, 9.17) is 0 Å². The summed E-state index contributed by atoms with van der Waals surface area (Å²) in [4.78, 5) is 5.14. The van der Waals surface area contributed by atoms with E-state index < -0.39 is 0 Å². The average molecular weight is 229 g/mol. The first-order valence-electron chi connectivity index (χ1n) is 5.96. The summed E-state index contributed by atoms with van der Waals surface area (Å²) in [7, 11) is 1.09. The predicted octanol–water partition coefficient (Wildman–Crippen LogP) is 0.825. The molecule has 0 bridgehead atoms. The van der Waals surface area contributed by atoms with Crippen LogP contribution in [0.25, 0.3) is 0 Å². The molecule has 15 heavy (non-hydrogen) atoms. The highest BCUT2D eigenvalue weighted by Gasteiger charge is 2.50. The van der Waals surface area contributed by atoms with Gasteiger partial charge < -0.3 is 5.32 Å². The number of rotatable bonds is 5. The van der Waals surface area contributed by atoms with Crippen LogP contribution in [0.3, 0.4) is 0 Å². The minimum Gasteiger partial charge on any atom is -0.302 e. The third-order valence-corrected chi connectivity index (χ3v) is 4.10. The van der Waals surface area contributed by atoms with E-state index in [9.17, 15) is 0 Å². The molecule has 2 fully saturated rings. The zero-order chi connectivity index (χ0) is 10.9. The van der Waals surface area contributed by atoms with Crippen molar-refractivity contribution in [1.82, 2.24) is 15.1 Å². The van der Waals surface area contributed by atoms with E-state index in [2.05, 4.69) is 35.6 Å². The highest BCUT2D eigenvalue weighted by atomic mass is 31.1. The van der Waals surface area contributed by atoms with Gasteiger partial charge in [0.25, 0.3) is 0 Å². The Morgan fingerprint density at radius 1 is 1.20 bits per heavy atom. The van der Waals surface area contributed by atoms with Crippen molar-refractivity contribution in [3.63, 3.8) is 0 Å². The molecule has 0 aliphatic carbocycles. The number of hydrogen-bond acceptors (Lipinski definition) is 3. The monoisotopic (exact) mass is 229 g/mol. The van der Waals surface area contributed by atoms with E-state index >= 15 is 0 Å². The van der Waals surface area contributed by atoms with Gasteiger partial charge >= 0.3 is 0 Å². The Labute approximate surface area is 95.4 Å². The first-order valence-corrected chi connectivity index (χ1v) is 7.67. The van der Waals surface area contributed by atoms with Crippen LogP contribution >= 0.6 is 8.58 Å². The van der Waals surface area contributed by atoms with Gasteiger partial charge in [-0.25, -0.2) is 0 Å². The molecule has 2 saturated heterocycles. The second-order valence-electron chi connectivity index (χ2n) is 5.50. The lowest BCUT2D eigenvalue weighted by Gasteiger charge is -2.60. The molecule has 0 amide bonds. The lowest BCUT2D eigenvalue weighted by molar-refractivity contribution is -0.110. The van der Waals surface area contributed by atoms with E-state index in [1.165, 1.54) is 32.5 Å². The fourth-order valence-electron chi connectivity index (χ4n) is 2.76. The molecule has 2 rings (SSSR count). The van der Waals surface area contributed by atoms with Gasteiger partial charge in [0, 0.05) is 50.6 Å². The maximum Gasteiger partial charge on any atom is 0.0482 e. The van der Waals surface area contributed by atoms with Crippen LogP contribution < -0.4 is 5.32 Å². The minimum atomic E-state index is 0.612. The van der Waals surface area contributed by atoms with Crippen LogP contribution in [0.4, 0.5) is 0 Å². The Balaban J connectivity index is 1.59. The summed E-state index contributed by atoms with van der Waals surface area (Å²) in [5.41, 5.74) is 0.693. The van der Waals surface area contributed by atoms with Crippen LogP contribution in [0.2, 0.25) is 0 Å². The zero-order valence-electron chi connectivity index (χ0n) is 10.2. The lowest BCUT2D eigenvalue weighted by atomic mass is 9.73. The Bertz CT molecular complexity index is 206. The average Bonchev–Trinajstić information content (AvgIpc) is 2.04. The van der Waals surface area contributed by atoms with Gasteiger partial charge in [-0.3, -0.25) is 9.80 Å². The third kappa shape index (κ3) is 2.71. The summed E-state index contributed by atoms with van der Waals surface area (Å²) >= 11 is 0. The van der Waals surface area contributed by atoms with Crippen LogP contribution in [-0.4, -0.2) is 61.6 Å². The molecular formula is C11H24N3P. The Kier molecular flexibility index (Phi) is 3.67. The minimum absolute atomic E-state index is 0.612. The van der Waals surface area contributed by atoms with E-state index in [1.54, 1.807) is 0 Å². The lowest BCUT2D eigenvalue weighted by Crippen LogP contribution is -2.72. The maximum atomic E-state index is 3.48. The van der Waals surface area contributed by atoms with Gasteiger partial charge in [-0.2, -0.15) is 0 Å². The molecule has 0 aromatic rings. The number of nitrogens with zero attached hydrogens (tertiary/aromatic N) is 2. The van der Waals surface area contributed by atoms with Crippen molar-refractivity contribution in [2.45, 2.75) is 19.9 Å². The van der Waals surface area contributed by atoms with Crippen molar-refractivity contribution in [2.24, 2.45) is 5.41 Å². The molecule has 1 atom stereocenters. The number of nitrogens with one attached hydrogen (secondary N) is 1. The van der Waals surface area contributed by atoms with E-state index in [-0.39, 0.29) is 0 Å². The molecule has 0 radical (unpaired) electrons. The standard InChI is InChI=1S/C11H24N3P/c1-10(2)12-8-13-4-11(5-13)6-14(7-11)9-15-3/h10,12,15H,4-9H2,1-3H3. The van der Waals surface area contributed by atoms with Crippen LogP contribution in [0, 0.1) is 5.41 Å². The van der Waals surface area contributed by atoms with Crippen molar-refractivity contribution in [3.05, 3.63) is 0 Å². The molecule has 0 aromatic heterocycles. The summed E-state index contributed by atoms with van der Waals surface area (Å²) < 4.78 is 0. The van der Waals surface area contributed by atoms with Gasteiger partial charge in [0.15, 0.2) is 0 Å². The topological polar surface area (TPSA) is 18.5 Å². The number of hydrogen-bond donors (Lipinski definition) is 1. The molecule has 0 aromatic carbocycles. The second kappa shape index (κ2) is 4.67. The molecular weight excluding hydrogens is 205 g/mol. The van der Waals surface area contributed by atoms with Crippen LogP contribution in [0.15, 0.2) is 0 Å². The van der Waals surface area contributed by atoms with Gasteiger partial charge in [-0.05, 0) is 20.5 Å². The van der Waals surface area contributed by atoms with Crippen molar-refractivity contribution in [1.29, 1.82) is 0 Å². The molecule has 4 heteroatoms. The van der Waals surface area contributed by atoms with Crippen molar-refractivity contribution < 1.29 is 0 Å². The van der Waals surface area contributed by atoms with Gasteiger partial charge in [-0.15, -0.1) is 8.58 Å². The normalized spacial score (nSPS) is 26.4. The van der Waals surface area contributed by atoms with Crippen molar-refractivity contribution >= 4 is 8.58 Å². The molecule has 2 heterocycles. The van der Waals surface area contributed by atoms with Crippen molar-refractivity contribution in [2.75, 3.05) is 45.8 Å². The van der Waals surface area contributed by atoms with Crippen LogP contribution in [0.1, 0.15) is 13.8 Å².